The molecule has 1 aliphatic rings. The van der Waals surface area contributed by atoms with Crippen LogP contribution in [0.25, 0.3) is 0 Å². The van der Waals surface area contributed by atoms with Crippen molar-refractivity contribution in [3.8, 4) is 0 Å². The average Bonchev–Trinajstić information content (AvgIpc) is 2.63. The lowest BCUT2D eigenvalue weighted by Crippen LogP contribution is -2.35. The zero-order chi connectivity index (χ0) is 13.0. The summed E-state index contributed by atoms with van der Waals surface area (Å²) in [5, 5.41) is 8.98. The molecule has 2 heterocycles. The first-order valence-electron chi connectivity index (χ1n) is 6.34. The van der Waals surface area contributed by atoms with Crippen molar-refractivity contribution < 1.29 is 14.7 Å². The van der Waals surface area contributed by atoms with Crippen molar-refractivity contribution in [2.75, 3.05) is 13.1 Å². The van der Waals surface area contributed by atoms with Crippen molar-refractivity contribution in [3.63, 3.8) is 0 Å². The van der Waals surface area contributed by atoms with E-state index < -0.39 is 5.97 Å². The Morgan fingerprint density at radius 3 is 2.44 bits per heavy atom. The molecule has 5 heteroatoms. The third kappa shape index (κ3) is 2.91. The molecule has 0 aliphatic carbocycles. The highest BCUT2D eigenvalue weighted by Gasteiger charge is 2.17. The minimum Gasteiger partial charge on any atom is -0.477 e. The Balaban J connectivity index is 2.01. The molecule has 18 heavy (non-hydrogen) atoms. The first-order chi connectivity index (χ1) is 8.68. The standard InChI is InChI=1S/C13H18N2O3/c16-12(14-7-3-1-2-4-8-14)10-15-9-5-6-11(15)13(17)18/h5-6,9H,1-4,7-8,10H2,(H,17,18). The monoisotopic (exact) mass is 250 g/mol. The molecule has 1 amide bonds. The second kappa shape index (κ2) is 5.71. The second-order valence-electron chi connectivity index (χ2n) is 4.62. The Labute approximate surface area is 106 Å². The van der Waals surface area contributed by atoms with Crippen LogP contribution >= 0.6 is 0 Å². The maximum Gasteiger partial charge on any atom is 0.352 e. The van der Waals surface area contributed by atoms with E-state index in [9.17, 15) is 9.59 Å². The minimum atomic E-state index is -0.997. The van der Waals surface area contributed by atoms with E-state index in [1.807, 2.05) is 4.90 Å². The molecule has 0 atom stereocenters. The van der Waals surface area contributed by atoms with Gasteiger partial charge in [0.2, 0.25) is 5.91 Å². The lowest BCUT2D eigenvalue weighted by molar-refractivity contribution is -0.131. The molecule has 1 aromatic rings. The van der Waals surface area contributed by atoms with Gasteiger partial charge in [0.05, 0.1) is 0 Å². The summed E-state index contributed by atoms with van der Waals surface area (Å²) in [6.45, 7) is 1.71. The van der Waals surface area contributed by atoms with E-state index in [4.69, 9.17) is 5.11 Å². The van der Waals surface area contributed by atoms with Crippen LogP contribution in [0.1, 0.15) is 36.2 Å². The van der Waals surface area contributed by atoms with Gasteiger partial charge in [-0.05, 0) is 25.0 Å². The van der Waals surface area contributed by atoms with Gasteiger partial charge in [-0.2, -0.15) is 0 Å². The number of hydrogen-bond donors (Lipinski definition) is 1. The number of carboxylic acids is 1. The predicted molar refractivity (Wildman–Crippen MR) is 66.4 cm³/mol. The Kier molecular flexibility index (Phi) is 4.02. The van der Waals surface area contributed by atoms with Crippen LogP contribution < -0.4 is 0 Å². The van der Waals surface area contributed by atoms with E-state index in [-0.39, 0.29) is 18.1 Å². The number of carbonyl (C=O) groups excluding carboxylic acids is 1. The molecule has 5 nitrogen and oxygen atoms in total. The van der Waals surface area contributed by atoms with Gasteiger partial charge in [-0.25, -0.2) is 4.79 Å². The van der Waals surface area contributed by atoms with Gasteiger partial charge in [0.25, 0.3) is 0 Å². The molecule has 0 saturated carbocycles. The summed E-state index contributed by atoms with van der Waals surface area (Å²) < 4.78 is 1.50. The van der Waals surface area contributed by atoms with Gasteiger partial charge >= 0.3 is 5.97 Å². The lowest BCUT2D eigenvalue weighted by atomic mass is 10.2. The molecule has 0 bridgehead atoms. The van der Waals surface area contributed by atoms with Gasteiger partial charge in [0.1, 0.15) is 12.2 Å². The average molecular weight is 250 g/mol. The van der Waals surface area contributed by atoms with Crippen LogP contribution in [0.5, 0.6) is 0 Å². The number of amides is 1. The van der Waals surface area contributed by atoms with Crippen LogP contribution in [-0.2, 0) is 11.3 Å². The van der Waals surface area contributed by atoms with Crippen molar-refractivity contribution in [1.82, 2.24) is 9.47 Å². The Morgan fingerprint density at radius 1 is 1.17 bits per heavy atom. The van der Waals surface area contributed by atoms with Crippen LogP contribution in [0, 0.1) is 0 Å². The highest BCUT2D eigenvalue weighted by molar-refractivity contribution is 5.86. The fraction of sp³-hybridized carbons (Fsp3) is 0.538. The van der Waals surface area contributed by atoms with Gasteiger partial charge < -0.3 is 14.6 Å². The molecule has 2 rings (SSSR count). The first-order valence-corrected chi connectivity index (χ1v) is 6.34. The van der Waals surface area contributed by atoms with Crippen LogP contribution in [0.2, 0.25) is 0 Å². The highest BCUT2D eigenvalue weighted by Crippen LogP contribution is 2.11. The zero-order valence-corrected chi connectivity index (χ0v) is 10.3. The van der Waals surface area contributed by atoms with E-state index in [1.165, 1.54) is 23.5 Å². The molecule has 98 valence electrons. The van der Waals surface area contributed by atoms with Gasteiger partial charge in [-0.15, -0.1) is 0 Å². The first kappa shape index (κ1) is 12.7. The SMILES string of the molecule is O=C(O)c1cccn1CC(=O)N1CCCCCC1. The van der Waals surface area contributed by atoms with Crippen molar-refractivity contribution in [1.29, 1.82) is 0 Å². The summed E-state index contributed by atoms with van der Waals surface area (Å²) in [4.78, 5) is 24.9. The van der Waals surface area contributed by atoms with Crippen LogP contribution in [0.15, 0.2) is 18.3 Å². The Morgan fingerprint density at radius 2 is 1.83 bits per heavy atom. The summed E-state index contributed by atoms with van der Waals surface area (Å²) in [7, 11) is 0. The lowest BCUT2D eigenvalue weighted by Gasteiger charge is -2.20. The number of rotatable bonds is 3. The summed E-state index contributed by atoms with van der Waals surface area (Å²) >= 11 is 0. The molecule has 1 N–H and O–H groups in total. The smallest absolute Gasteiger partial charge is 0.352 e. The number of hydrogen-bond acceptors (Lipinski definition) is 2. The van der Waals surface area contributed by atoms with Crippen molar-refractivity contribution in [3.05, 3.63) is 24.0 Å². The van der Waals surface area contributed by atoms with Gasteiger partial charge in [0.15, 0.2) is 0 Å². The molecule has 1 aliphatic heterocycles. The number of aromatic carboxylic acids is 1. The molecule has 0 aromatic carbocycles. The van der Waals surface area contributed by atoms with Gasteiger partial charge in [-0.3, -0.25) is 4.79 Å². The predicted octanol–water partition coefficient (Wildman–Crippen LogP) is 1.59. The molecule has 0 unspecified atom stereocenters. The summed E-state index contributed by atoms with van der Waals surface area (Å²) in [5.74, 6) is -0.987. The summed E-state index contributed by atoms with van der Waals surface area (Å²) in [6, 6.07) is 3.16. The number of nitrogens with zero attached hydrogens (tertiary/aromatic N) is 2. The van der Waals surface area contributed by atoms with E-state index in [0.29, 0.717) is 0 Å². The number of aromatic nitrogens is 1. The van der Waals surface area contributed by atoms with Gasteiger partial charge in [0, 0.05) is 19.3 Å². The molecular weight excluding hydrogens is 232 g/mol. The van der Waals surface area contributed by atoms with E-state index in [2.05, 4.69) is 0 Å². The maximum absolute atomic E-state index is 12.1. The van der Waals surface area contributed by atoms with Crippen LogP contribution in [0.4, 0.5) is 0 Å². The minimum absolute atomic E-state index is 0.00981. The largest absolute Gasteiger partial charge is 0.477 e. The zero-order valence-electron chi connectivity index (χ0n) is 10.3. The van der Waals surface area contributed by atoms with Gasteiger partial charge in [-0.1, -0.05) is 12.8 Å². The fourth-order valence-electron chi connectivity index (χ4n) is 2.31. The second-order valence-corrected chi connectivity index (χ2v) is 4.62. The van der Waals surface area contributed by atoms with Crippen molar-refractivity contribution >= 4 is 11.9 Å². The van der Waals surface area contributed by atoms with Crippen molar-refractivity contribution in [2.24, 2.45) is 0 Å². The van der Waals surface area contributed by atoms with Crippen LogP contribution in [-0.4, -0.2) is 39.5 Å². The normalized spacial score (nSPS) is 16.3. The van der Waals surface area contributed by atoms with E-state index >= 15 is 0 Å². The Bertz CT molecular complexity index is 431. The van der Waals surface area contributed by atoms with E-state index in [0.717, 1.165) is 25.9 Å². The maximum atomic E-state index is 12.1. The van der Waals surface area contributed by atoms with Crippen molar-refractivity contribution in [2.45, 2.75) is 32.2 Å². The Hall–Kier alpha value is -1.78. The summed E-state index contributed by atoms with van der Waals surface area (Å²) in [6.07, 6.45) is 6.08. The van der Waals surface area contributed by atoms with Crippen LogP contribution in [0.3, 0.4) is 0 Å². The number of carbonyl (C=O) groups is 2. The number of carboxylic acid groups (broad SMARTS) is 1. The number of likely N-dealkylation sites (tertiary alicyclic amines) is 1. The highest BCUT2D eigenvalue weighted by atomic mass is 16.4. The molecule has 1 aromatic heterocycles. The van der Waals surface area contributed by atoms with E-state index in [1.54, 1.807) is 12.3 Å². The molecular formula is C13H18N2O3. The third-order valence-electron chi connectivity index (χ3n) is 3.31. The molecule has 0 radical (unpaired) electrons. The topological polar surface area (TPSA) is 62.5 Å². The molecule has 1 saturated heterocycles. The quantitative estimate of drug-likeness (QED) is 0.886. The fourth-order valence-corrected chi connectivity index (χ4v) is 2.31. The molecule has 0 spiro atoms. The molecule has 1 fully saturated rings. The third-order valence-corrected chi connectivity index (χ3v) is 3.31. The summed E-state index contributed by atoms with van der Waals surface area (Å²) in [5.41, 5.74) is 0.165.